The Morgan fingerprint density at radius 2 is 1.10 bits per heavy atom. The molecule has 5 nitrogen and oxygen atoms in total. The maximum atomic E-state index is 12.3. The number of carbonyl (C=O) groups excluding carboxylic acids is 1. The summed E-state index contributed by atoms with van der Waals surface area (Å²) < 4.78 is 0. The predicted octanol–water partition coefficient (Wildman–Crippen LogP) is 5.73. The molecule has 1 atom stereocenters. The molecule has 0 radical (unpaired) electrons. The summed E-state index contributed by atoms with van der Waals surface area (Å²) in [7, 11) is 0. The Hall–Kier alpha value is -0.940. The number of hydrogen-bond acceptors (Lipinski definition) is 4. The Morgan fingerprint density at radius 3 is 1.48 bits per heavy atom. The third kappa shape index (κ3) is 14.6. The van der Waals surface area contributed by atoms with Crippen LogP contribution in [0.2, 0.25) is 0 Å². The van der Waals surface area contributed by atoms with E-state index in [0.717, 1.165) is 19.3 Å². The molecule has 5 N–H and O–H groups in total. The van der Waals surface area contributed by atoms with E-state index in [1.165, 1.54) is 77.0 Å². The first-order valence-corrected chi connectivity index (χ1v) is 12.2. The van der Waals surface area contributed by atoms with Crippen molar-refractivity contribution >= 4 is 11.8 Å². The maximum absolute atomic E-state index is 12.3. The number of Topliss-reactive ketones (excluding diaryl/α,β-unsaturated/α-hetero) is 1. The summed E-state index contributed by atoms with van der Waals surface area (Å²) in [6, 6.07) is 0. The smallest absolute Gasteiger partial charge is 0.331 e. The number of rotatable bonds is 22. The van der Waals surface area contributed by atoms with E-state index in [0.29, 0.717) is 19.4 Å². The Morgan fingerprint density at radius 1 is 0.690 bits per heavy atom. The van der Waals surface area contributed by atoms with Crippen LogP contribution in [0.15, 0.2) is 0 Å². The fraction of sp³-hybridized carbons (Fsp3) is 0.917. The molecule has 0 spiro atoms. The van der Waals surface area contributed by atoms with Crippen molar-refractivity contribution < 1.29 is 14.7 Å². The van der Waals surface area contributed by atoms with Gasteiger partial charge in [0.15, 0.2) is 11.3 Å². The van der Waals surface area contributed by atoms with Crippen molar-refractivity contribution in [1.82, 2.24) is 0 Å². The molecule has 29 heavy (non-hydrogen) atoms. The summed E-state index contributed by atoms with van der Waals surface area (Å²) >= 11 is 0. The fourth-order valence-corrected chi connectivity index (χ4v) is 3.79. The van der Waals surface area contributed by atoms with Crippen LogP contribution in [0, 0.1) is 0 Å². The average Bonchev–Trinajstić information content (AvgIpc) is 2.70. The molecule has 0 aliphatic heterocycles. The van der Waals surface area contributed by atoms with Gasteiger partial charge in [-0.3, -0.25) is 4.79 Å². The topological polar surface area (TPSA) is 106 Å². The van der Waals surface area contributed by atoms with Gasteiger partial charge in [0.05, 0.1) is 0 Å². The SMILES string of the molecule is CCCCCCCCCCCCCCCCCC(=O)[C@](N)(CCCCN)C(=O)O. The minimum absolute atomic E-state index is 0.178. The van der Waals surface area contributed by atoms with Crippen LogP contribution in [-0.2, 0) is 9.59 Å². The molecule has 0 unspecified atom stereocenters. The van der Waals surface area contributed by atoms with E-state index in [4.69, 9.17) is 11.5 Å². The van der Waals surface area contributed by atoms with E-state index in [1.807, 2.05) is 0 Å². The first-order chi connectivity index (χ1) is 14.0. The van der Waals surface area contributed by atoms with Crippen molar-refractivity contribution in [2.24, 2.45) is 11.5 Å². The van der Waals surface area contributed by atoms with Crippen LogP contribution in [0.1, 0.15) is 129 Å². The number of ketones is 1. The third-order valence-corrected chi connectivity index (χ3v) is 5.91. The summed E-state index contributed by atoms with van der Waals surface area (Å²) in [5.74, 6) is -1.54. The summed E-state index contributed by atoms with van der Waals surface area (Å²) in [4.78, 5) is 23.7. The first kappa shape index (κ1) is 28.1. The minimum Gasteiger partial charge on any atom is -0.480 e. The molecule has 0 bridgehead atoms. The van der Waals surface area contributed by atoms with Crippen molar-refractivity contribution in [3.8, 4) is 0 Å². The van der Waals surface area contributed by atoms with Crippen LogP contribution in [0.3, 0.4) is 0 Å². The third-order valence-electron chi connectivity index (χ3n) is 5.91. The highest BCUT2D eigenvalue weighted by Gasteiger charge is 2.40. The summed E-state index contributed by atoms with van der Waals surface area (Å²) in [6.07, 6.45) is 20.7. The van der Waals surface area contributed by atoms with E-state index in [1.54, 1.807) is 0 Å². The molecular weight excluding hydrogens is 364 g/mol. The molecule has 0 heterocycles. The van der Waals surface area contributed by atoms with Crippen LogP contribution in [0.25, 0.3) is 0 Å². The van der Waals surface area contributed by atoms with Crippen LogP contribution >= 0.6 is 0 Å². The molecule has 0 aliphatic carbocycles. The second kappa shape index (κ2) is 19.0. The van der Waals surface area contributed by atoms with Crippen molar-refractivity contribution in [1.29, 1.82) is 0 Å². The number of nitrogens with two attached hydrogens (primary N) is 2. The summed E-state index contributed by atoms with van der Waals surface area (Å²) in [6.45, 7) is 2.75. The van der Waals surface area contributed by atoms with Gasteiger partial charge in [-0.2, -0.15) is 0 Å². The number of carbonyl (C=O) groups is 2. The van der Waals surface area contributed by atoms with Gasteiger partial charge in [0, 0.05) is 6.42 Å². The molecular formula is C24H48N2O3. The predicted molar refractivity (Wildman–Crippen MR) is 122 cm³/mol. The van der Waals surface area contributed by atoms with Gasteiger partial charge in [-0.05, 0) is 32.2 Å². The Kier molecular flexibility index (Phi) is 18.4. The van der Waals surface area contributed by atoms with Crippen LogP contribution in [0.4, 0.5) is 0 Å². The number of unbranched alkanes of at least 4 members (excludes halogenated alkanes) is 15. The molecule has 172 valence electrons. The normalized spacial score (nSPS) is 13.3. The monoisotopic (exact) mass is 412 g/mol. The lowest BCUT2D eigenvalue weighted by Crippen LogP contribution is -2.54. The van der Waals surface area contributed by atoms with Gasteiger partial charge in [0.1, 0.15) is 0 Å². The molecule has 5 heteroatoms. The lowest BCUT2D eigenvalue weighted by atomic mass is 9.86. The van der Waals surface area contributed by atoms with Gasteiger partial charge in [0.25, 0.3) is 0 Å². The minimum atomic E-state index is -1.73. The zero-order chi connectivity index (χ0) is 21.8. The molecule has 0 amide bonds. The second-order valence-electron chi connectivity index (χ2n) is 8.65. The van der Waals surface area contributed by atoms with Crippen molar-refractivity contribution in [2.45, 2.75) is 134 Å². The van der Waals surface area contributed by atoms with E-state index < -0.39 is 11.5 Å². The average molecular weight is 413 g/mol. The standard InChI is InChI=1S/C24H48N2O3/c1-2-3-4-5-6-7-8-9-10-11-12-13-14-15-16-19-22(27)24(26,23(28)29)20-17-18-21-25/h2-21,25-26H2,1H3,(H,28,29)/t24-/m1/s1. The highest BCUT2D eigenvalue weighted by atomic mass is 16.4. The Bertz CT molecular complexity index is 415. The molecule has 0 rings (SSSR count). The second-order valence-corrected chi connectivity index (χ2v) is 8.65. The molecule has 0 aromatic rings. The zero-order valence-corrected chi connectivity index (χ0v) is 19.1. The number of carboxylic acids is 1. The fourth-order valence-electron chi connectivity index (χ4n) is 3.79. The van der Waals surface area contributed by atoms with Crippen LogP contribution < -0.4 is 11.5 Å². The van der Waals surface area contributed by atoms with Gasteiger partial charge in [-0.1, -0.05) is 96.8 Å². The van der Waals surface area contributed by atoms with Gasteiger partial charge in [-0.15, -0.1) is 0 Å². The van der Waals surface area contributed by atoms with Crippen LogP contribution in [-0.4, -0.2) is 28.9 Å². The maximum Gasteiger partial charge on any atom is 0.331 e. The highest BCUT2D eigenvalue weighted by molar-refractivity contribution is 6.07. The summed E-state index contributed by atoms with van der Waals surface area (Å²) in [5, 5.41) is 9.35. The molecule has 0 aliphatic rings. The highest BCUT2D eigenvalue weighted by Crippen LogP contribution is 2.18. The van der Waals surface area contributed by atoms with Crippen LogP contribution in [0.5, 0.6) is 0 Å². The Labute approximate surface area is 179 Å². The van der Waals surface area contributed by atoms with Crippen molar-refractivity contribution in [2.75, 3.05) is 6.54 Å². The van der Waals surface area contributed by atoms with Gasteiger partial charge in [-0.25, -0.2) is 4.79 Å². The largest absolute Gasteiger partial charge is 0.480 e. The van der Waals surface area contributed by atoms with Crippen molar-refractivity contribution in [3.63, 3.8) is 0 Å². The van der Waals surface area contributed by atoms with Crippen molar-refractivity contribution in [3.05, 3.63) is 0 Å². The molecule has 0 aromatic carbocycles. The zero-order valence-electron chi connectivity index (χ0n) is 19.1. The van der Waals surface area contributed by atoms with E-state index >= 15 is 0 Å². The van der Waals surface area contributed by atoms with Gasteiger partial charge >= 0.3 is 5.97 Å². The van der Waals surface area contributed by atoms with E-state index in [-0.39, 0.29) is 18.6 Å². The lowest BCUT2D eigenvalue weighted by molar-refractivity contribution is -0.148. The van der Waals surface area contributed by atoms with E-state index in [9.17, 15) is 14.7 Å². The Balaban J connectivity index is 3.59. The molecule has 0 saturated carbocycles. The quantitative estimate of drug-likeness (QED) is 0.155. The van der Waals surface area contributed by atoms with E-state index in [2.05, 4.69) is 6.92 Å². The van der Waals surface area contributed by atoms with Gasteiger partial charge in [0.2, 0.25) is 0 Å². The number of aliphatic carboxylic acids is 1. The molecule has 0 aromatic heterocycles. The lowest BCUT2D eigenvalue weighted by Gasteiger charge is -2.23. The molecule has 0 saturated heterocycles. The first-order valence-electron chi connectivity index (χ1n) is 12.2. The molecule has 0 fully saturated rings. The number of hydrogen-bond donors (Lipinski definition) is 3. The number of carboxylic acid groups (broad SMARTS) is 1. The van der Waals surface area contributed by atoms with Gasteiger partial charge < -0.3 is 16.6 Å². The summed E-state index contributed by atoms with van der Waals surface area (Å²) in [5.41, 5.74) is 9.60.